The van der Waals surface area contributed by atoms with Gasteiger partial charge in [0.05, 0.1) is 0 Å². The van der Waals surface area contributed by atoms with Crippen LogP contribution in [-0.2, 0) is 49.1 Å². The molecule has 0 heterocycles. The van der Waals surface area contributed by atoms with Crippen LogP contribution in [0.15, 0.2) is 109 Å². The smallest absolute Gasteiger partial charge is 0.172 e. The Morgan fingerprint density at radius 1 is 0.600 bits per heavy atom. The molecule has 1 aliphatic rings. The van der Waals surface area contributed by atoms with Crippen molar-refractivity contribution in [2.75, 3.05) is 0 Å². The summed E-state index contributed by atoms with van der Waals surface area (Å²) in [6.07, 6.45) is 1.03. The fourth-order valence-electron chi connectivity index (χ4n) is 5.12. The van der Waals surface area contributed by atoms with E-state index in [9.17, 15) is 0 Å². The minimum Gasteiger partial charge on any atom is -1.00 e. The molecule has 0 nitrogen and oxygen atoms in total. The summed E-state index contributed by atoms with van der Waals surface area (Å²) in [5, 5.41) is 0. The van der Waals surface area contributed by atoms with Crippen LogP contribution in [0.5, 0.6) is 0 Å². The van der Waals surface area contributed by atoms with Gasteiger partial charge in [-0.05, 0) is 17.4 Å². The molecule has 5 aromatic rings. The number of rotatable bonds is 2. The van der Waals surface area contributed by atoms with Gasteiger partial charge in [-0.15, -0.1) is 5.56 Å². The number of halogens is 8. The molecule has 0 unspecified atom stereocenters. The Balaban J connectivity index is 0.000000293. The van der Waals surface area contributed by atoms with Crippen molar-refractivity contribution in [3.63, 3.8) is 0 Å². The maximum Gasteiger partial charge on any atom is -0.172 e. The third kappa shape index (κ3) is 12.4. The van der Waals surface area contributed by atoms with E-state index in [4.69, 9.17) is 69.6 Å². The maximum atomic E-state index is 5.86. The zero-order valence-corrected chi connectivity index (χ0v) is 37.1. The molecule has 0 fully saturated rings. The zero-order valence-electron chi connectivity index (χ0n) is 28.6. The summed E-state index contributed by atoms with van der Waals surface area (Å²) in [6, 6.07) is 40.0. The van der Waals surface area contributed by atoms with Crippen molar-refractivity contribution in [1.82, 2.24) is 0 Å². The Morgan fingerprint density at radius 3 is 1.40 bits per heavy atom. The van der Waals surface area contributed by atoms with Crippen molar-refractivity contribution >= 4 is 72.8 Å². The molecule has 50 heavy (non-hydrogen) atoms. The second-order valence-corrected chi connectivity index (χ2v) is 19.6. The SMILES string of the molecule is CC(C)(C)c1c[c-]c2c(c1)-c1cc(C(C)(C)C)ccc1C2.ClC(Cl)(Cl)c1ccc([C](=[Zr+2])c2ccc(C(Cl)(Cl)Cl)cc2)cc1.[Cl-].[Cl-].c1cc[cH-]c1. The second-order valence-electron chi connectivity index (χ2n) is 13.8. The first-order valence-electron chi connectivity index (χ1n) is 15.5. The van der Waals surface area contributed by atoms with E-state index in [0.29, 0.717) is 11.1 Å². The summed E-state index contributed by atoms with van der Waals surface area (Å²) in [7, 11) is 0. The molecule has 0 radical (unpaired) electrons. The third-order valence-electron chi connectivity index (χ3n) is 8.08. The van der Waals surface area contributed by atoms with Crippen molar-refractivity contribution < 1.29 is 49.0 Å². The summed E-state index contributed by atoms with van der Waals surface area (Å²) >= 11 is 36.4. The number of benzene rings is 4. The summed E-state index contributed by atoms with van der Waals surface area (Å²) < 4.78 is -1.66. The van der Waals surface area contributed by atoms with Gasteiger partial charge in [0, 0.05) is 0 Å². The normalized spacial score (nSPS) is 12.1. The van der Waals surface area contributed by atoms with Crippen LogP contribution in [0.1, 0.15) is 86.1 Å². The van der Waals surface area contributed by atoms with Crippen LogP contribution in [-0.4, -0.2) is 3.21 Å². The first kappa shape index (κ1) is 45.5. The Hall–Kier alpha value is -0.697. The fourth-order valence-corrected chi connectivity index (χ4v) is 6.70. The molecule has 0 atom stereocenters. The minimum atomic E-state index is -1.41. The standard InChI is InChI=1S/C21H25.C15H8Cl6.C5H5.2ClH.Zr/c1-20(2,3)16-9-7-14-11-15-8-10-17(21(4,5)6)13-19(15)18(14)12-16;16-14(17,18)12-5-1-10(2-6-12)9-11-3-7-13(8-4-11)15(19,20)21;1-2-4-5-3-1;;;/h7,9-10,12-13H,11H2,1-6H3;1-8H;1-5H;2*1H;/q-1;;-1;;;+2/p-2. The van der Waals surface area contributed by atoms with Crippen LogP contribution < -0.4 is 24.8 Å². The topological polar surface area (TPSA) is 0 Å². The summed E-state index contributed by atoms with van der Waals surface area (Å²) in [4.78, 5) is 0. The van der Waals surface area contributed by atoms with E-state index in [0.717, 1.165) is 17.5 Å². The molecule has 0 aliphatic heterocycles. The monoisotopic (exact) mass is 900 g/mol. The van der Waals surface area contributed by atoms with Gasteiger partial charge in [-0.25, -0.2) is 12.1 Å². The molecular weight excluding hydrogens is 867 g/mol. The van der Waals surface area contributed by atoms with Crippen LogP contribution in [0.4, 0.5) is 0 Å². The maximum absolute atomic E-state index is 5.86. The number of hydrogen-bond acceptors (Lipinski definition) is 0. The van der Waals surface area contributed by atoms with E-state index in [1.807, 2.05) is 78.9 Å². The molecule has 1 aliphatic carbocycles. The Kier molecular flexibility index (Phi) is 16.9. The van der Waals surface area contributed by atoms with Crippen LogP contribution in [0.25, 0.3) is 11.1 Å². The van der Waals surface area contributed by atoms with Crippen LogP contribution in [0, 0.1) is 6.07 Å². The van der Waals surface area contributed by atoms with E-state index in [2.05, 4.69) is 77.9 Å². The van der Waals surface area contributed by atoms with E-state index >= 15 is 0 Å². The molecule has 6 rings (SSSR count). The molecule has 0 spiro atoms. The molecule has 0 aromatic heterocycles. The van der Waals surface area contributed by atoms with Crippen molar-refractivity contribution in [2.45, 2.75) is 66.4 Å². The largest absolute Gasteiger partial charge is 1.00 e. The third-order valence-corrected chi connectivity index (χ3v) is 10.8. The predicted octanol–water partition coefficient (Wildman–Crippen LogP) is 7.52. The average Bonchev–Trinajstić information content (AvgIpc) is 3.71. The van der Waals surface area contributed by atoms with Gasteiger partial charge in [-0.2, -0.15) is 47.5 Å². The van der Waals surface area contributed by atoms with Gasteiger partial charge in [0.25, 0.3) is 0 Å². The number of hydrogen-bond donors (Lipinski definition) is 0. The molecule has 9 heteroatoms. The van der Waals surface area contributed by atoms with Gasteiger partial charge in [-0.1, -0.05) is 76.3 Å². The summed E-state index contributed by atoms with van der Waals surface area (Å²) in [5.74, 6) is 0. The molecule has 0 saturated heterocycles. The quantitative estimate of drug-likeness (QED) is 0.125. The minimum absolute atomic E-state index is 0. The molecule has 0 bridgehead atoms. The Morgan fingerprint density at radius 2 is 1.02 bits per heavy atom. The van der Waals surface area contributed by atoms with Gasteiger partial charge >= 0.3 is 175 Å². The van der Waals surface area contributed by atoms with Crippen molar-refractivity contribution in [3.8, 4) is 11.1 Å². The van der Waals surface area contributed by atoms with E-state index < -0.39 is 7.59 Å². The van der Waals surface area contributed by atoms with Crippen LogP contribution in [0.3, 0.4) is 0 Å². The Bertz CT molecular complexity index is 1680. The van der Waals surface area contributed by atoms with Crippen molar-refractivity contribution in [2.24, 2.45) is 0 Å². The Labute approximate surface area is 355 Å². The molecule has 0 saturated carbocycles. The zero-order chi connectivity index (χ0) is 35.5. The van der Waals surface area contributed by atoms with Gasteiger partial charge in [0.2, 0.25) is 0 Å². The summed E-state index contributed by atoms with van der Waals surface area (Å²) in [5.41, 5.74) is 12.2. The van der Waals surface area contributed by atoms with E-state index in [1.54, 1.807) is 0 Å². The van der Waals surface area contributed by atoms with Gasteiger partial charge in [-0.3, -0.25) is 0 Å². The first-order chi connectivity index (χ1) is 22.2. The average molecular weight is 906 g/mol. The van der Waals surface area contributed by atoms with Gasteiger partial charge < -0.3 is 24.8 Å². The molecule has 0 amide bonds. The van der Waals surface area contributed by atoms with Gasteiger partial charge in [0.1, 0.15) is 0 Å². The van der Waals surface area contributed by atoms with Crippen molar-refractivity contribution in [1.29, 1.82) is 0 Å². The molecule has 0 N–H and O–H groups in total. The predicted molar refractivity (Wildman–Crippen MR) is 208 cm³/mol. The second kappa shape index (κ2) is 18.6. The molecule has 5 aromatic carbocycles. The molecule has 264 valence electrons. The van der Waals surface area contributed by atoms with Crippen LogP contribution in [0.2, 0.25) is 0 Å². The van der Waals surface area contributed by atoms with E-state index in [-0.39, 0.29) is 35.6 Å². The first-order valence-corrected chi connectivity index (χ1v) is 19.0. The van der Waals surface area contributed by atoms with Gasteiger partial charge in [0.15, 0.2) is 0 Å². The molecular formula is C41H38Cl8Zr-2. The number of alkyl halides is 6. The number of fused-ring (bicyclic) bond motifs is 3. The summed E-state index contributed by atoms with van der Waals surface area (Å²) in [6.45, 7) is 13.6. The van der Waals surface area contributed by atoms with Crippen LogP contribution >= 0.6 is 69.6 Å². The van der Waals surface area contributed by atoms with E-state index in [1.165, 1.54) is 60.8 Å². The van der Waals surface area contributed by atoms with Crippen molar-refractivity contribution in [3.05, 3.63) is 160 Å². The fraction of sp³-hybridized carbons (Fsp3) is 0.268.